The van der Waals surface area contributed by atoms with Gasteiger partial charge in [0.1, 0.15) is 11.6 Å². The van der Waals surface area contributed by atoms with E-state index >= 15 is 0 Å². The summed E-state index contributed by atoms with van der Waals surface area (Å²) in [7, 11) is 0. The first-order valence-electron chi connectivity index (χ1n) is 7.06. The first kappa shape index (κ1) is 13.3. The molecule has 0 unspecified atom stereocenters. The molecule has 106 valence electrons. The molecule has 1 aliphatic rings. The van der Waals surface area contributed by atoms with Crippen LogP contribution in [0.15, 0.2) is 28.8 Å². The lowest BCUT2D eigenvalue weighted by Gasteiger charge is -2.24. The van der Waals surface area contributed by atoms with Crippen molar-refractivity contribution in [2.45, 2.75) is 39.3 Å². The number of likely N-dealkylation sites (tertiary alicyclic amines) is 1. The monoisotopic (exact) mass is 274 g/mol. The normalized spacial score (nSPS) is 19.6. The molecule has 3 nitrogen and oxygen atoms in total. The summed E-state index contributed by atoms with van der Waals surface area (Å²) in [6.07, 6.45) is 2.31. The van der Waals surface area contributed by atoms with Gasteiger partial charge >= 0.3 is 0 Å². The SMILES string of the molecule is Cc1noc(C)c1[C@H]1CCCN1Cc1ccc(F)cc1. The quantitative estimate of drug-likeness (QED) is 0.853. The van der Waals surface area contributed by atoms with Crippen molar-refractivity contribution < 1.29 is 8.91 Å². The van der Waals surface area contributed by atoms with Gasteiger partial charge in [-0.1, -0.05) is 17.3 Å². The van der Waals surface area contributed by atoms with E-state index in [1.165, 1.54) is 24.1 Å². The van der Waals surface area contributed by atoms with Crippen molar-refractivity contribution in [3.05, 3.63) is 52.7 Å². The third kappa shape index (κ3) is 2.48. The molecule has 4 heteroatoms. The number of aromatic nitrogens is 1. The van der Waals surface area contributed by atoms with Crippen molar-refractivity contribution in [1.82, 2.24) is 10.1 Å². The molecule has 0 N–H and O–H groups in total. The lowest BCUT2D eigenvalue weighted by molar-refractivity contribution is 0.245. The average Bonchev–Trinajstić information content (AvgIpc) is 2.99. The molecule has 1 fully saturated rings. The Balaban J connectivity index is 1.81. The van der Waals surface area contributed by atoms with Crippen LogP contribution >= 0.6 is 0 Å². The van der Waals surface area contributed by atoms with Crippen LogP contribution in [0.4, 0.5) is 4.39 Å². The van der Waals surface area contributed by atoms with E-state index in [2.05, 4.69) is 10.1 Å². The van der Waals surface area contributed by atoms with Crippen LogP contribution in [0.2, 0.25) is 0 Å². The van der Waals surface area contributed by atoms with Crippen molar-refractivity contribution in [1.29, 1.82) is 0 Å². The minimum Gasteiger partial charge on any atom is -0.361 e. The zero-order valence-electron chi connectivity index (χ0n) is 11.9. The summed E-state index contributed by atoms with van der Waals surface area (Å²) < 4.78 is 18.3. The van der Waals surface area contributed by atoms with Gasteiger partial charge in [-0.05, 0) is 50.9 Å². The van der Waals surface area contributed by atoms with Gasteiger partial charge in [0, 0.05) is 18.2 Å². The topological polar surface area (TPSA) is 29.3 Å². The van der Waals surface area contributed by atoms with Gasteiger partial charge in [0.25, 0.3) is 0 Å². The molecular weight excluding hydrogens is 255 g/mol. The van der Waals surface area contributed by atoms with Gasteiger partial charge < -0.3 is 4.52 Å². The third-order valence-corrected chi connectivity index (χ3v) is 4.08. The Labute approximate surface area is 118 Å². The minimum atomic E-state index is -0.183. The fourth-order valence-corrected chi connectivity index (χ4v) is 3.13. The molecular formula is C16H19FN2O. The molecule has 1 atom stereocenters. The van der Waals surface area contributed by atoms with Gasteiger partial charge in [-0.3, -0.25) is 4.90 Å². The smallest absolute Gasteiger partial charge is 0.138 e. The first-order valence-corrected chi connectivity index (χ1v) is 7.06. The highest BCUT2D eigenvalue weighted by atomic mass is 19.1. The van der Waals surface area contributed by atoms with Crippen LogP contribution in [-0.2, 0) is 6.54 Å². The number of benzene rings is 1. The maximum atomic E-state index is 13.0. The van der Waals surface area contributed by atoms with Crippen LogP contribution in [0.1, 0.15) is 41.5 Å². The molecule has 20 heavy (non-hydrogen) atoms. The van der Waals surface area contributed by atoms with Gasteiger partial charge in [-0.15, -0.1) is 0 Å². The van der Waals surface area contributed by atoms with Gasteiger partial charge in [0.05, 0.1) is 5.69 Å². The van der Waals surface area contributed by atoms with Crippen molar-refractivity contribution >= 4 is 0 Å². The highest BCUT2D eigenvalue weighted by molar-refractivity contribution is 5.26. The Kier molecular flexibility index (Phi) is 3.57. The summed E-state index contributed by atoms with van der Waals surface area (Å²) in [6, 6.07) is 7.13. The fraction of sp³-hybridized carbons (Fsp3) is 0.438. The fourth-order valence-electron chi connectivity index (χ4n) is 3.13. The molecule has 0 amide bonds. The average molecular weight is 274 g/mol. The molecule has 0 radical (unpaired) electrons. The summed E-state index contributed by atoms with van der Waals surface area (Å²) >= 11 is 0. The maximum Gasteiger partial charge on any atom is 0.138 e. The second kappa shape index (κ2) is 5.37. The number of hydrogen-bond acceptors (Lipinski definition) is 3. The molecule has 0 spiro atoms. The van der Waals surface area contributed by atoms with Crippen LogP contribution in [0.3, 0.4) is 0 Å². The largest absolute Gasteiger partial charge is 0.361 e. The van der Waals surface area contributed by atoms with Crippen molar-refractivity contribution in [3.8, 4) is 0 Å². The predicted molar refractivity (Wildman–Crippen MR) is 74.8 cm³/mol. The highest BCUT2D eigenvalue weighted by Crippen LogP contribution is 2.36. The van der Waals surface area contributed by atoms with Gasteiger partial charge in [0.15, 0.2) is 0 Å². The minimum absolute atomic E-state index is 0.183. The van der Waals surface area contributed by atoms with Gasteiger partial charge in [0.2, 0.25) is 0 Å². The third-order valence-electron chi connectivity index (χ3n) is 4.08. The maximum absolute atomic E-state index is 13.0. The second-order valence-corrected chi connectivity index (χ2v) is 5.49. The molecule has 0 saturated carbocycles. The van der Waals surface area contributed by atoms with Crippen LogP contribution in [-0.4, -0.2) is 16.6 Å². The molecule has 1 saturated heterocycles. The highest BCUT2D eigenvalue weighted by Gasteiger charge is 2.30. The molecule has 0 bridgehead atoms. The predicted octanol–water partition coefficient (Wildman–Crippen LogP) is 3.77. The van der Waals surface area contributed by atoms with Crippen molar-refractivity contribution in [3.63, 3.8) is 0 Å². The van der Waals surface area contributed by atoms with E-state index in [0.717, 1.165) is 36.5 Å². The van der Waals surface area contributed by atoms with Crippen molar-refractivity contribution in [2.75, 3.05) is 6.54 Å². The zero-order valence-corrected chi connectivity index (χ0v) is 11.9. The Morgan fingerprint density at radius 1 is 1.30 bits per heavy atom. The Hall–Kier alpha value is -1.68. The van der Waals surface area contributed by atoms with Crippen LogP contribution in [0.25, 0.3) is 0 Å². The number of aryl methyl sites for hydroxylation is 2. The lowest BCUT2D eigenvalue weighted by atomic mass is 10.0. The zero-order chi connectivity index (χ0) is 14.1. The van der Waals surface area contributed by atoms with E-state index < -0.39 is 0 Å². The summed E-state index contributed by atoms with van der Waals surface area (Å²) in [4.78, 5) is 2.43. The van der Waals surface area contributed by atoms with Gasteiger partial charge in [-0.25, -0.2) is 4.39 Å². The van der Waals surface area contributed by atoms with E-state index in [9.17, 15) is 4.39 Å². The number of halogens is 1. The van der Waals surface area contributed by atoms with Gasteiger partial charge in [-0.2, -0.15) is 0 Å². The van der Waals surface area contributed by atoms with Crippen LogP contribution < -0.4 is 0 Å². The first-order chi connectivity index (χ1) is 9.65. The van der Waals surface area contributed by atoms with E-state index in [4.69, 9.17) is 4.52 Å². The molecule has 1 aromatic heterocycles. The summed E-state index contributed by atoms with van der Waals surface area (Å²) in [5, 5.41) is 4.06. The number of nitrogens with zero attached hydrogens (tertiary/aromatic N) is 2. The molecule has 1 aliphatic heterocycles. The van der Waals surface area contributed by atoms with E-state index in [0.29, 0.717) is 6.04 Å². The van der Waals surface area contributed by atoms with E-state index in [-0.39, 0.29) is 5.82 Å². The lowest BCUT2D eigenvalue weighted by Crippen LogP contribution is -2.23. The molecule has 2 heterocycles. The molecule has 2 aromatic rings. The summed E-state index contributed by atoms with van der Waals surface area (Å²) in [5.74, 6) is 0.732. The van der Waals surface area contributed by atoms with E-state index in [1.807, 2.05) is 26.0 Å². The molecule has 3 rings (SSSR count). The summed E-state index contributed by atoms with van der Waals surface area (Å²) in [6.45, 7) is 5.88. The summed E-state index contributed by atoms with van der Waals surface area (Å²) in [5.41, 5.74) is 3.35. The van der Waals surface area contributed by atoms with Crippen LogP contribution in [0, 0.1) is 19.7 Å². The van der Waals surface area contributed by atoms with E-state index in [1.54, 1.807) is 0 Å². The Morgan fingerprint density at radius 2 is 2.05 bits per heavy atom. The van der Waals surface area contributed by atoms with Crippen LogP contribution in [0.5, 0.6) is 0 Å². The standard InChI is InChI=1S/C16H19FN2O/c1-11-16(12(2)20-18-11)15-4-3-9-19(15)10-13-5-7-14(17)8-6-13/h5-8,15H,3-4,9-10H2,1-2H3/t15-/m1/s1. The Bertz CT molecular complexity index is 572. The number of hydrogen-bond donors (Lipinski definition) is 0. The molecule has 1 aromatic carbocycles. The number of rotatable bonds is 3. The second-order valence-electron chi connectivity index (χ2n) is 5.49. The Morgan fingerprint density at radius 3 is 2.70 bits per heavy atom. The van der Waals surface area contributed by atoms with Crippen molar-refractivity contribution in [2.24, 2.45) is 0 Å². The molecule has 0 aliphatic carbocycles.